The molecule has 0 aliphatic heterocycles. The molecule has 7 nitrogen and oxygen atoms in total. The van der Waals surface area contributed by atoms with E-state index in [9.17, 15) is 4.79 Å². The number of rotatable bonds is 7. The number of hydrogen-bond donors (Lipinski definition) is 1. The Hall–Kier alpha value is -3.19. The fourth-order valence-electron chi connectivity index (χ4n) is 2.74. The highest BCUT2D eigenvalue weighted by Gasteiger charge is 2.14. The molecular formula is C20H20ClN3O4. The molecule has 0 unspecified atom stereocenters. The predicted octanol–water partition coefficient (Wildman–Crippen LogP) is 3.52. The van der Waals surface area contributed by atoms with E-state index in [2.05, 4.69) is 10.4 Å². The summed E-state index contributed by atoms with van der Waals surface area (Å²) in [6.07, 6.45) is 1.52. The number of halogens is 1. The van der Waals surface area contributed by atoms with E-state index < -0.39 is 5.56 Å². The smallest absolute Gasteiger partial charge is 0.292 e. The van der Waals surface area contributed by atoms with Gasteiger partial charge >= 0.3 is 0 Å². The van der Waals surface area contributed by atoms with Crippen LogP contribution >= 0.6 is 11.6 Å². The van der Waals surface area contributed by atoms with Crippen molar-refractivity contribution < 1.29 is 14.2 Å². The van der Waals surface area contributed by atoms with Gasteiger partial charge in [0.1, 0.15) is 5.02 Å². The van der Waals surface area contributed by atoms with Crippen molar-refractivity contribution in [2.75, 3.05) is 26.6 Å². The van der Waals surface area contributed by atoms with E-state index in [-0.39, 0.29) is 5.02 Å². The quantitative estimate of drug-likeness (QED) is 0.652. The van der Waals surface area contributed by atoms with Crippen LogP contribution in [0.2, 0.25) is 5.02 Å². The van der Waals surface area contributed by atoms with Crippen LogP contribution in [0.25, 0.3) is 5.69 Å². The third-order valence-electron chi connectivity index (χ3n) is 4.13. The zero-order chi connectivity index (χ0) is 20.1. The maximum Gasteiger partial charge on any atom is 0.292 e. The van der Waals surface area contributed by atoms with Crippen LogP contribution in [-0.2, 0) is 6.54 Å². The molecule has 0 spiro atoms. The Morgan fingerprint density at radius 1 is 1.04 bits per heavy atom. The zero-order valence-corrected chi connectivity index (χ0v) is 16.5. The Morgan fingerprint density at radius 3 is 2.25 bits per heavy atom. The van der Waals surface area contributed by atoms with Crippen molar-refractivity contribution in [2.24, 2.45) is 0 Å². The van der Waals surface area contributed by atoms with E-state index in [1.807, 2.05) is 30.3 Å². The molecule has 0 aliphatic carbocycles. The van der Waals surface area contributed by atoms with Gasteiger partial charge in [0.15, 0.2) is 11.5 Å². The Kier molecular flexibility index (Phi) is 6.06. The summed E-state index contributed by atoms with van der Waals surface area (Å²) in [5.74, 6) is 1.60. The van der Waals surface area contributed by atoms with Crippen molar-refractivity contribution in [3.8, 4) is 22.9 Å². The van der Waals surface area contributed by atoms with Crippen LogP contribution in [0.15, 0.2) is 53.5 Å². The minimum Gasteiger partial charge on any atom is -0.493 e. The van der Waals surface area contributed by atoms with Gasteiger partial charge in [0.25, 0.3) is 5.56 Å². The lowest BCUT2D eigenvalue weighted by Gasteiger charge is -2.15. The average molecular weight is 402 g/mol. The lowest BCUT2D eigenvalue weighted by Crippen LogP contribution is -2.22. The Bertz CT molecular complexity index is 997. The second-order valence-electron chi connectivity index (χ2n) is 5.81. The molecule has 0 bridgehead atoms. The number of methoxy groups -OCH3 is 3. The molecule has 146 valence electrons. The van der Waals surface area contributed by atoms with E-state index in [0.29, 0.717) is 35.2 Å². The van der Waals surface area contributed by atoms with Crippen molar-refractivity contribution in [2.45, 2.75) is 6.54 Å². The van der Waals surface area contributed by atoms with E-state index in [0.717, 1.165) is 5.56 Å². The minimum absolute atomic E-state index is 0.0614. The molecular weight excluding hydrogens is 382 g/mol. The number of hydrogen-bond acceptors (Lipinski definition) is 6. The first-order valence-electron chi connectivity index (χ1n) is 8.45. The molecule has 3 rings (SSSR count). The number of nitrogens with zero attached hydrogens (tertiary/aromatic N) is 2. The van der Waals surface area contributed by atoms with E-state index >= 15 is 0 Å². The van der Waals surface area contributed by atoms with Crippen molar-refractivity contribution in [1.82, 2.24) is 9.78 Å². The Morgan fingerprint density at radius 2 is 1.68 bits per heavy atom. The average Bonchev–Trinajstić information content (AvgIpc) is 2.74. The Balaban J connectivity index is 1.86. The summed E-state index contributed by atoms with van der Waals surface area (Å²) in [4.78, 5) is 12.6. The summed E-state index contributed by atoms with van der Waals surface area (Å²) < 4.78 is 17.3. The molecule has 0 radical (unpaired) electrons. The van der Waals surface area contributed by atoms with Crippen molar-refractivity contribution >= 4 is 17.3 Å². The highest BCUT2D eigenvalue weighted by Crippen LogP contribution is 2.38. The van der Waals surface area contributed by atoms with Gasteiger partial charge in [0.05, 0.1) is 38.9 Å². The van der Waals surface area contributed by atoms with Crippen molar-refractivity contribution in [3.05, 3.63) is 69.6 Å². The molecule has 8 heteroatoms. The summed E-state index contributed by atoms with van der Waals surface area (Å²) in [5.41, 5.74) is 1.54. The van der Waals surface area contributed by atoms with E-state index in [1.54, 1.807) is 33.5 Å². The maximum absolute atomic E-state index is 12.6. The molecule has 3 aromatic rings. The van der Waals surface area contributed by atoms with E-state index in [1.165, 1.54) is 10.9 Å². The molecule has 0 amide bonds. The standard InChI is InChI=1S/C20H20ClN3O4/c1-26-16-9-13(10-17(27-2)19(16)28-3)11-22-15-12-23-24(20(25)18(15)21)14-7-5-4-6-8-14/h4-10,12,22H,11H2,1-3H3. The fourth-order valence-corrected chi connectivity index (χ4v) is 2.94. The lowest BCUT2D eigenvalue weighted by molar-refractivity contribution is 0.324. The normalized spacial score (nSPS) is 10.4. The highest BCUT2D eigenvalue weighted by atomic mass is 35.5. The minimum atomic E-state index is -0.400. The first-order valence-corrected chi connectivity index (χ1v) is 8.82. The van der Waals surface area contributed by atoms with Gasteiger partial charge in [-0.3, -0.25) is 4.79 Å². The summed E-state index contributed by atoms with van der Waals surface area (Å²) >= 11 is 6.27. The number of aromatic nitrogens is 2. The van der Waals surface area contributed by atoms with E-state index in [4.69, 9.17) is 25.8 Å². The number of benzene rings is 2. The molecule has 1 aromatic heterocycles. The second kappa shape index (κ2) is 8.67. The molecule has 1 heterocycles. The van der Waals surface area contributed by atoms with Crippen LogP contribution in [-0.4, -0.2) is 31.1 Å². The molecule has 0 saturated carbocycles. The summed E-state index contributed by atoms with van der Waals surface area (Å²) in [6, 6.07) is 12.7. The molecule has 0 fully saturated rings. The van der Waals surface area contributed by atoms with Crippen molar-refractivity contribution in [1.29, 1.82) is 0 Å². The first-order chi connectivity index (χ1) is 13.6. The van der Waals surface area contributed by atoms with Gasteiger partial charge in [0, 0.05) is 6.54 Å². The van der Waals surface area contributed by atoms with Gasteiger partial charge in [-0.05, 0) is 29.8 Å². The monoisotopic (exact) mass is 401 g/mol. The summed E-state index contributed by atoms with van der Waals surface area (Å²) in [5, 5.41) is 7.39. The van der Waals surface area contributed by atoms with Gasteiger partial charge in [-0.2, -0.15) is 9.78 Å². The van der Waals surface area contributed by atoms with Crippen LogP contribution in [0.4, 0.5) is 5.69 Å². The number of anilines is 1. The molecule has 28 heavy (non-hydrogen) atoms. The molecule has 0 atom stereocenters. The summed E-state index contributed by atoms with van der Waals surface area (Å²) in [7, 11) is 4.66. The van der Waals surface area contributed by atoms with Crippen LogP contribution < -0.4 is 25.1 Å². The summed E-state index contributed by atoms with van der Waals surface area (Å²) in [6.45, 7) is 0.382. The molecule has 1 N–H and O–H groups in total. The topological polar surface area (TPSA) is 74.6 Å². The third kappa shape index (κ3) is 3.89. The van der Waals surface area contributed by atoms with Crippen LogP contribution in [0.1, 0.15) is 5.56 Å². The van der Waals surface area contributed by atoms with Gasteiger partial charge < -0.3 is 19.5 Å². The molecule has 0 saturated heterocycles. The van der Waals surface area contributed by atoms with Crippen molar-refractivity contribution in [3.63, 3.8) is 0 Å². The highest BCUT2D eigenvalue weighted by molar-refractivity contribution is 6.32. The van der Waals surface area contributed by atoms with Crippen LogP contribution in [0, 0.1) is 0 Å². The van der Waals surface area contributed by atoms with Gasteiger partial charge in [-0.15, -0.1) is 0 Å². The third-order valence-corrected chi connectivity index (χ3v) is 4.49. The fraction of sp³-hybridized carbons (Fsp3) is 0.200. The second-order valence-corrected chi connectivity index (χ2v) is 6.19. The number of para-hydroxylation sites is 1. The molecule has 0 aliphatic rings. The lowest BCUT2D eigenvalue weighted by atomic mass is 10.1. The predicted molar refractivity (Wildman–Crippen MR) is 108 cm³/mol. The van der Waals surface area contributed by atoms with Crippen LogP contribution in [0.3, 0.4) is 0 Å². The zero-order valence-electron chi connectivity index (χ0n) is 15.7. The first kappa shape index (κ1) is 19.6. The maximum atomic E-state index is 12.6. The van der Waals surface area contributed by atoms with Gasteiger partial charge in [0.2, 0.25) is 5.75 Å². The van der Waals surface area contributed by atoms with Crippen LogP contribution in [0.5, 0.6) is 17.2 Å². The Labute approximate surface area is 167 Å². The molecule has 2 aromatic carbocycles. The number of nitrogens with one attached hydrogen (secondary N) is 1. The number of ether oxygens (including phenoxy) is 3. The van der Waals surface area contributed by atoms with Gasteiger partial charge in [-0.25, -0.2) is 0 Å². The SMILES string of the molecule is COc1cc(CNc2cnn(-c3ccccc3)c(=O)c2Cl)cc(OC)c1OC. The van der Waals surface area contributed by atoms with Gasteiger partial charge in [-0.1, -0.05) is 29.8 Å². The largest absolute Gasteiger partial charge is 0.493 e.